The molecule has 0 aromatic heterocycles. The summed E-state index contributed by atoms with van der Waals surface area (Å²) in [5, 5.41) is 0. The van der Waals surface area contributed by atoms with Gasteiger partial charge in [0.25, 0.3) is 0 Å². The van der Waals surface area contributed by atoms with Crippen molar-refractivity contribution in [2.75, 3.05) is 13.2 Å². The molecule has 72 valence electrons. The SMILES string of the molecule is C=CC=C(C)CC(=O)C1OCCO1. The van der Waals surface area contributed by atoms with Gasteiger partial charge in [0.05, 0.1) is 13.2 Å². The highest BCUT2D eigenvalue weighted by Crippen LogP contribution is 2.10. The van der Waals surface area contributed by atoms with E-state index >= 15 is 0 Å². The van der Waals surface area contributed by atoms with Crippen molar-refractivity contribution in [1.29, 1.82) is 0 Å². The number of ether oxygens (including phenoxy) is 2. The molecule has 0 atom stereocenters. The van der Waals surface area contributed by atoms with E-state index in [9.17, 15) is 4.79 Å². The first-order valence-electron chi connectivity index (χ1n) is 4.28. The standard InChI is InChI=1S/C10H14O3/c1-3-4-8(2)7-9(11)10-12-5-6-13-10/h3-4,10H,1,5-7H2,2H3. The fourth-order valence-electron chi connectivity index (χ4n) is 1.16. The van der Waals surface area contributed by atoms with Crippen LogP contribution in [0, 0.1) is 0 Å². The highest BCUT2D eigenvalue weighted by molar-refractivity contribution is 5.84. The maximum atomic E-state index is 11.4. The Hall–Kier alpha value is -0.930. The van der Waals surface area contributed by atoms with E-state index in [1.165, 1.54) is 0 Å². The second-order valence-electron chi connectivity index (χ2n) is 2.97. The van der Waals surface area contributed by atoms with Crippen molar-refractivity contribution < 1.29 is 14.3 Å². The topological polar surface area (TPSA) is 35.5 Å². The van der Waals surface area contributed by atoms with Crippen molar-refractivity contribution in [3.63, 3.8) is 0 Å². The molecule has 3 nitrogen and oxygen atoms in total. The normalized spacial score (nSPS) is 19.0. The predicted octanol–water partition coefficient (Wildman–Crippen LogP) is 1.45. The van der Waals surface area contributed by atoms with E-state index in [0.29, 0.717) is 19.6 Å². The average Bonchev–Trinajstić information content (AvgIpc) is 2.55. The summed E-state index contributed by atoms with van der Waals surface area (Å²) < 4.78 is 10.1. The maximum absolute atomic E-state index is 11.4. The van der Waals surface area contributed by atoms with Gasteiger partial charge in [-0.15, -0.1) is 0 Å². The Morgan fingerprint density at radius 1 is 1.54 bits per heavy atom. The lowest BCUT2D eigenvalue weighted by molar-refractivity contribution is -0.143. The van der Waals surface area contributed by atoms with E-state index in [-0.39, 0.29) is 5.78 Å². The molecular weight excluding hydrogens is 168 g/mol. The van der Waals surface area contributed by atoms with Crippen LogP contribution in [0.25, 0.3) is 0 Å². The molecule has 1 heterocycles. The third kappa shape index (κ3) is 3.13. The largest absolute Gasteiger partial charge is 0.344 e. The fraction of sp³-hybridized carbons (Fsp3) is 0.500. The number of hydrogen-bond acceptors (Lipinski definition) is 3. The molecule has 0 unspecified atom stereocenters. The lowest BCUT2D eigenvalue weighted by Crippen LogP contribution is -2.21. The molecule has 13 heavy (non-hydrogen) atoms. The third-order valence-corrected chi connectivity index (χ3v) is 1.74. The Labute approximate surface area is 78.0 Å². The van der Waals surface area contributed by atoms with Gasteiger partial charge in [-0.05, 0) is 6.92 Å². The van der Waals surface area contributed by atoms with Crippen LogP contribution in [-0.2, 0) is 14.3 Å². The van der Waals surface area contributed by atoms with Gasteiger partial charge in [0, 0.05) is 6.42 Å². The first-order valence-corrected chi connectivity index (χ1v) is 4.28. The zero-order valence-electron chi connectivity index (χ0n) is 7.79. The molecule has 0 aromatic rings. The molecule has 0 amide bonds. The van der Waals surface area contributed by atoms with Crippen LogP contribution in [0.2, 0.25) is 0 Å². The van der Waals surface area contributed by atoms with Crippen LogP contribution >= 0.6 is 0 Å². The molecule has 1 aliphatic heterocycles. The summed E-state index contributed by atoms with van der Waals surface area (Å²) in [7, 11) is 0. The van der Waals surface area contributed by atoms with Gasteiger partial charge in [-0.1, -0.05) is 24.3 Å². The van der Waals surface area contributed by atoms with Gasteiger partial charge in [-0.2, -0.15) is 0 Å². The predicted molar refractivity (Wildman–Crippen MR) is 49.3 cm³/mol. The number of Topliss-reactive ketones (excluding diaryl/α,β-unsaturated/α-hetero) is 1. The quantitative estimate of drug-likeness (QED) is 0.617. The summed E-state index contributed by atoms with van der Waals surface area (Å²) in [6.45, 7) is 6.47. The molecule has 0 aromatic carbocycles. The summed E-state index contributed by atoms with van der Waals surface area (Å²) in [6.07, 6.45) is 3.20. The lowest BCUT2D eigenvalue weighted by Gasteiger charge is -2.06. The minimum atomic E-state index is -0.645. The van der Waals surface area contributed by atoms with Gasteiger partial charge in [0.15, 0.2) is 5.78 Å². The first kappa shape index (κ1) is 10.2. The number of ketones is 1. The van der Waals surface area contributed by atoms with E-state index < -0.39 is 6.29 Å². The zero-order chi connectivity index (χ0) is 9.68. The summed E-state index contributed by atoms with van der Waals surface area (Å²) in [6, 6.07) is 0. The van der Waals surface area contributed by atoms with Gasteiger partial charge >= 0.3 is 0 Å². The molecule has 0 radical (unpaired) electrons. The first-order chi connectivity index (χ1) is 6.24. The Bertz CT molecular complexity index is 224. The third-order valence-electron chi connectivity index (χ3n) is 1.74. The molecule has 1 rings (SSSR count). The smallest absolute Gasteiger partial charge is 0.218 e. The molecule has 1 saturated heterocycles. The summed E-state index contributed by atoms with van der Waals surface area (Å²) >= 11 is 0. The van der Waals surface area contributed by atoms with Crippen molar-refractivity contribution >= 4 is 5.78 Å². The van der Waals surface area contributed by atoms with E-state index in [0.717, 1.165) is 5.57 Å². The molecule has 0 N–H and O–H groups in total. The molecular formula is C10H14O3. The number of rotatable bonds is 4. The van der Waals surface area contributed by atoms with Crippen molar-refractivity contribution in [3.8, 4) is 0 Å². The van der Waals surface area contributed by atoms with Crippen LogP contribution in [0.15, 0.2) is 24.3 Å². The Morgan fingerprint density at radius 3 is 2.69 bits per heavy atom. The van der Waals surface area contributed by atoms with Crippen molar-refractivity contribution in [2.45, 2.75) is 19.6 Å². The summed E-state index contributed by atoms with van der Waals surface area (Å²) in [4.78, 5) is 11.4. The van der Waals surface area contributed by atoms with Gasteiger partial charge in [0.1, 0.15) is 0 Å². The van der Waals surface area contributed by atoms with Crippen molar-refractivity contribution in [1.82, 2.24) is 0 Å². The molecule has 0 bridgehead atoms. The molecule has 0 spiro atoms. The molecule has 1 aliphatic rings. The lowest BCUT2D eigenvalue weighted by atomic mass is 10.1. The van der Waals surface area contributed by atoms with Crippen molar-refractivity contribution in [3.05, 3.63) is 24.3 Å². The summed E-state index contributed by atoms with van der Waals surface area (Å²) in [5.41, 5.74) is 0.971. The Balaban J connectivity index is 2.39. The second-order valence-corrected chi connectivity index (χ2v) is 2.97. The van der Waals surface area contributed by atoms with Crippen LogP contribution < -0.4 is 0 Å². The molecule has 0 saturated carbocycles. The second kappa shape index (κ2) is 4.94. The van der Waals surface area contributed by atoms with Crippen LogP contribution in [0.1, 0.15) is 13.3 Å². The van der Waals surface area contributed by atoms with Crippen LogP contribution in [0.3, 0.4) is 0 Å². The van der Waals surface area contributed by atoms with Crippen LogP contribution in [0.5, 0.6) is 0 Å². The average molecular weight is 182 g/mol. The highest BCUT2D eigenvalue weighted by atomic mass is 16.7. The minimum absolute atomic E-state index is 0.0203. The van der Waals surface area contributed by atoms with Gasteiger partial charge in [-0.3, -0.25) is 4.79 Å². The van der Waals surface area contributed by atoms with E-state index in [1.54, 1.807) is 6.08 Å². The minimum Gasteiger partial charge on any atom is -0.344 e. The number of allylic oxidation sites excluding steroid dienone is 3. The van der Waals surface area contributed by atoms with Gasteiger partial charge in [0.2, 0.25) is 6.29 Å². The van der Waals surface area contributed by atoms with Gasteiger partial charge < -0.3 is 9.47 Å². The van der Waals surface area contributed by atoms with Crippen LogP contribution in [-0.4, -0.2) is 25.3 Å². The summed E-state index contributed by atoms with van der Waals surface area (Å²) in [5.74, 6) is -0.0203. The van der Waals surface area contributed by atoms with Gasteiger partial charge in [-0.25, -0.2) is 0 Å². The zero-order valence-corrected chi connectivity index (χ0v) is 7.79. The van der Waals surface area contributed by atoms with E-state index in [1.807, 2.05) is 13.0 Å². The maximum Gasteiger partial charge on any atom is 0.218 e. The van der Waals surface area contributed by atoms with E-state index in [2.05, 4.69) is 6.58 Å². The molecule has 3 heteroatoms. The van der Waals surface area contributed by atoms with Crippen molar-refractivity contribution in [2.24, 2.45) is 0 Å². The Kier molecular flexibility index (Phi) is 3.86. The number of carbonyl (C=O) groups is 1. The number of carbonyl (C=O) groups excluding carboxylic acids is 1. The fourth-order valence-corrected chi connectivity index (χ4v) is 1.16. The monoisotopic (exact) mass is 182 g/mol. The van der Waals surface area contributed by atoms with E-state index in [4.69, 9.17) is 9.47 Å². The molecule has 1 fully saturated rings. The highest BCUT2D eigenvalue weighted by Gasteiger charge is 2.23. The Morgan fingerprint density at radius 2 is 2.15 bits per heavy atom. The molecule has 0 aliphatic carbocycles. The number of hydrogen-bond donors (Lipinski definition) is 0. The van der Waals surface area contributed by atoms with Crippen LogP contribution in [0.4, 0.5) is 0 Å².